The number of benzene rings is 1. The molecule has 0 aliphatic carbocycles. The molecule has 0 aromatic heterocycles. The van der Waals surface area contributed by atoms with E-state index in [0.717, 1.165) is 0 Å². The molecule has 1 aromatic rings. The van der Waals surface area contributed by atoms with Crippen LogP contribution in [-0.2, 0) is 5.41 Å². The zero-order valence-electron chi connectivity index (χ0n) is 15.2. The maximum Gasteiger partial charge on any atom is 0.0442 e. The van der Waals surface area contributed by atoms with Gasteiger partial charge in [-0.25, -0.2) is 0 Å². The van der Waals surface area contributed by atoms with Crippen LogP contribution in [0.4, 0.5) is 5.69 Å². The van der Waals surface area contributed by atoms with Crippen LogP contribution in [0.15, 0.2) is 18.2 Å². The lowest BCUT2D eigenvalue weighted by molar-refractivity contribution is 0.376. The summed E-state index contributed by atoms with van der Waals surface area (Å²) in [6.45, 7) is 22.9. The van der Waals surface area contributed by atoms with E-state index in [2.05, 4.69) is 92.3 Å². The van der Waals surface area contributed by atoms with Gasteiger partial charge < -0.3 is 4.90 Å². The standard InChI is InChI=1S/C19H33N/c1-14-12-11-13-15(17(2,3)4)16(14)20(18(5,6)7)19(8,9)10/h11-13H,1-10H3. The molecule has 0 saturated heterocycles. The fraction of sp³-hybridized carbons (Fsp3) is 0.684. The lowest BCUT2D eigenvalue weighted by atomic mass is 9.82. The number of nitrogens with zero attached hydrogens (tertiary/aromatic N) is 1. The molecule has 0 spiro atoms. The van der Waals surface area contributed by atoms with Crippen LogP contribution in [0, 0.1) is 6.92 Å². The summed E-state index contributed by atoms with van der Waals surface area (Å²) in [6.07, 6.45) is 0. The number of rotatable bonds is 1. The van der Waals surface area contributed by atoms with Crippen molar-refractivity contribution >= 4 is 5.69 Å². The quantitative estimate of drug-likeness (QED) is 0.636. The Morgan fingerprint density at radius 3 is 1.55 bits per heavy atom. The third-order valence-corrected chi connectivity index (χ3v) is 3.61. The summed E-state index contributed by atoms with van der Waals surface area (Å²) in [5.74, 6) is 0. The van der Waals surface area contributed by atoms with E-state index in [1.807, 2.05) is 0 Å². The van der Waals surface area contributed by atoms with Crippen molar-refractivity contribution in [2.24, 2.45) is 0 Å². The van der Waals surface area contributed by atoms with Crippen LogP contribution in [0.5, 0.6) is 0 Å². The average molecular weight is 275 g/mol. The van der Waals surface area contributed by atoms with Crippen molar-refractivity contribution in [3.05, 3.63) is 29.3 Å². The molecule has 0 heterocycles. The van der Waals surface area contributed by atoms with Gasteiger partial charge in [0.25, 0.3) is 0 Å². The van der Waals surface area contributed by atoms with E-state index in [-0.39, 0.29) is 16.5 Å². The van der Waals surface area contributed by atoms with Gasteiger partial charge in [0.1, 0.15) is 0 Å². The predicted molar refractivity (Wildman–Crippen MR) is 91.9 cm³/mol. The topological polar surface area (TPSA) is 3.24 Å². The molecule has 0 saturated carbocycles. The van der Waals surface area contributed by atoms with Gasteiger partial charge >= 0.3 is 0 Å². The van der Waals surface area contributed by atoms with Gasteiger partial charge in [0.05, 0.1) is 0 Å². The number of anilines is 1. The van der Waals surface area contributed by atoms with Crippen molar-refractivity contribution in [2.75, 3.05) is 4.90 Å². The van der Waals surface area contributed by atoms with Crippen LogP contribution in [-0.4, -0.2) is 11.1 Å². The minimum Gasteiger partial charge on any atom is -0.361 e. The van der Waals surface area contributed by atoms with Crippen molar-refractivity contribution in [1.29, 1.82) is 0 Å². The van der Waals surface area contributed by atoms with E-state index in [4.69, 9.17) is 0 Å². The zero-order chi connectivity index (χ0) is 15.9. The first-order valence-electron chi connectivity index (χ1n) is 7.66. The molecule has 0 aliphatic heterocycles. The van der Waals surface area contributed by atoms with Gasteiger partial charge in [-0.3, -0.25) is 0 Å². The van der Waals surface area contributed by atoms with Crippen molar-refractivity contribution in [2.45, 2.75) is 85.7 Å². The normalized spacial score (nSPS) is 13.5. The Hall–Kier alpha value is -0.980. The number of hydrogen-bond donors (Lipinski definition) is 0. The van der Waals surface area contributed by atoms with E-state index in [0.29, 0.717) is 0 Å². The van der Waals surface area contributed by atoms with E-state index in [9.17, 15) is 0 Å². The van der Waals surface area contributed by atoms with Crippen molar-refractivity contribution < 1.29 is 0 Å². The van der Waals surface area contributed by atoms with E-state index >= 15 is 0 Å². The molecule has 0 radical (unpaired) electrons. The van der Waals surface area contributed by atoms with Gasteiger partial charge in [0.15, 0.2) is 0 Å². The van der Waals surface area contributed by atoms with E-state index < -0.39 is 0 Å². The SMILES string of the molecule is Cc1cccc(C(C)(C)C)c1N(C(C)(C)C)C(C)(C)C. The summed E-state index contributed by atoms with van der Waals surface area (Å²) in [5, 5.41) is 0. The highest BCUT2D eigenvalue weighted by Crippen LogP contribution is 2.41. The zero-order valence-corrected chi connectivity index (χ0v) is 15.2. The van der Waals surface area contributed by atoms with Gasteiger partial charge in [0.2, 0.25) is 0 Å². The summed E-state index contributed by atoms with van der Waals surface area (Å²) < 4.78 is 0. The molecule has 0 aliphatic rings. The molecule has 0 unspecified atom stereocenters. The molecule has 20 heavy (non-hydrogen) atoms. The molecule has 1 nitrogen and oxygen atoms in total. The Morgan fingerprint density at radius 1 is 0.750 bits per heavy atom. The molecule has 1 rings (SSSR count). The first-order chi connectivity index (χ1) is 8.76. The molecule has 0 N–H and O–H groups in total. The number of hydrogen-bond acceptors (Lipinski definition) is 1. The highest BCUT2D eigenvalue weighted by Gasteiger charge is 2.35. The van der Waals surface area contributed by atoms with Crippen molar-refractivity contribution in [1.82, 2.24) is 0 Å². The molecular weight excluding hydrogens is 242 g/mol. The Balaban J connectivity index is 3.66. The summed E-state index contributed by atoms with van der Waals surface area (Å²) >= 11 is 0. The lowest BCUT2D eigenvalue weighted by Crippen LogP contribution is -2.54. The fourth-order valence-electron chi connectivity index (χ4n) is 3.24. The highest BCUT2D eigenvalue weighted by molar-refractivity contribution is 5.64. The largest absolute Gasteiger partial charge is 0.361 e. The second-order valence-electron chi connectivity index (χ2n) is 8.90. The van der Waals surface area contributed by atoms with Crippen molar-refractivity contribution in [3.8, 4) is 0 Å². The monoisotopic (exact) mass is 275 g/mol. The second-order valence-corrected chi connectivity index (χ2v) is 8.90. The minimum absolute atomic E-state index is 0.0877. The van der Waals surface area contributed by atoms with Crippen LogP contribution in [0.1, 0.15) is 73.4 Å². The maximum atomic E-state index is 2.58. The molecule has 114 valence electrons. The van der Waals surface area contributed by atoms with Gasteiger partial charge in [-0.1, -0.05) is 39.0 Å². The summed E-state index contributed by atoms with van der Waals surface area (Å²) in [6, 6.07) is 6.70. The van der Waals surface area contributed by atoms with Crippen LogP contribution >= 0.6 is 0 Å². The number of aryl methyl sites for hydroxylation is 1. The predicted octanol–water partition coefficient (Wildman–Crippen LogP) is 5.70. The van der Waals surface area contributed by atoms with E-state index in [1.54, 1.807) is 0 Å². The minimum atomic E-state index is 0.0877. The van der Waals surface area contributed by atoms with Crippen molar-refractivity contribution in [3.63, 3.8) is 0 Å². The van der Waals surface area contributed by atoms with Crippen LogP contribution < -0.4 is 4.90 Å². The van der Waals surface area contributed by atoms with Gasteiger partial charge in [-0.15, -0.1) is 0 Å². The lowest BCUT2D eigenvalue weighted by Gasteiger charge is -2.50. The highest BCUT2D eigenvalue weighted by atomic mass is 15.2. The Bertz CT molecular complexity index is 450. The molecular formula is C19H33N. The fourth-order valence-corrected chi connectivity index (χ4v) is 3.24. The first-order valence-corrected chi connectivity index (χ1v) is 7.66. The van der Waals surface area contributed by atoms with Crippen LogP contribution in [0.2, 0.25) is 0 Å². The molecule has 0 fully saturated rings. The Kier molecular flexibility index (Phi) is 4.35. The number of para-hydroxylation sites is 1. The van der Waals surface area contributed by atoms with E-state index in [1.165, 1.54) is 16.8 Å². The Labute approximate surface area is 126 Å². The molecule has 1 aromatic carbocycles. The van der Waals surface area contributed by atoms with Crippen LogP contribution in [0.25, 0.3) is 0 Å². The smallest absolute Gasteiger partial charge is 0.0442 e. The summed E-state index contributed by atoms with van der Waals surface area (Å²) in [4.78, 5) is 2.58. The average Bonchev–Trinajstić information content (AvgIpc) is 2.14. The first kappa shape index (κ1) is 17.1. The van der Waals surface area contributed by atoms with Gasteiger partial charge in [-0.2, -0.15) is 0 Å². The summed E-state index contributed by atoms with van der Waals surface area (Å²) in [7, 11) is 0. The van der Waals surface area contributed by atoms with Gasteiger partial charge in [0, 0.05) is 16.8 Å². The maximum absolute atomic E-state index is 2.58. The Morgan fingerprint density at radius 2 is 1.20 bits per heavy atom. The molecule has 1 heteroatoms. The molecule has 0 amide bonds. The third kappa shape index (κ3) is 3.56. The van der Waals surface area contributed by atoms with Crippen LogP contribution in [0.3, 0.4) is 0 Å². The second kappa shape index (κ2) is 5.09. The molecule has 0 bridgehead atoms. The van der Waals surface area contributed by atoms with Gasteiger partial charge in [-0.05, 0) is 65.0 Å². The molecule has 0 atom stereocenters. The summed E-state index contributed by atoms with van der Waals surface area (Å²) in [5.41, 5.74) is 4.52. The third-order valence-electron chi connectivity index (χ3n) is 3.61.